The van der Waals surface area contributed by atoms with Crippen molar-refractivity contribution in [2.75, 3.05) is 0 Å². The second-order valence-corrected chi connectivity index (χ2v) is 1.77. The van der Waals surface area contributed by atoms with E-state index in [1.807, 2.05) is 13.8 Å². The lowest BCUT2D eigenvalue weighted by Crippen LogP contribution is -1.82. The van der Waals surface area contributed by atoms with Crippen LogP contribution in [0.3, 0.4) is 0 Å². The van der Waals surface area contributed by atoms with Crippen LogP contribution in [0.25, 0.3) is 0 Å². The van der Waals surface area contributed by atoms with Crippen molar-refractivity contribution in [1.82, 2.24) is 0 Å². The average molecular weight is 181 g/mol. The van der Waals surface area contributed by atoms with E-state index in [2.05, 4.69) is 11.8 Å². The van der Waals surface area contributed by atoms with Gasteiger partial charge in [-0.05, 0) is 12.8 Å². The van der Waals surface area contributed by atoms with E-state index in [4.69, 9.17) is 4.42 Å². The molecule has 1 aromatic rings. The van der Waals surface area contributed by atoms with E-state index >= 15 is 0 Å². The molecule has 0 atom stereocenters. The Morgan fingerprint density at radius 3 is 2.46 bits per heavy atom. The summed E-state index contributed by atoms with van der Waals surface area (Å²) in [6, 6.07) is 2.74. The first-order chi connectivity index (χ1) is 6.24. The topological polar surface area (TPSA) is 56.3 Å². The van der Waals surface area contributed by atoms with Crippen LogP contribution in [0.4, 0.5) is 5.88 Å². The van der Waals surface area contributed by atoms with Crippen LogP contribution in [-0.2, 0) is 0 Å². The Balaban J connectivity index is 0.000000671. The predicted molar refractivity (Wildman–Crippen MR) is 49.3 cm³/mol. The van der Waals surface area contributed by atoms with Gasteiger partial charge in [0.05, 0.1) is 6.07 Å². The second kappa shape index (κ2) is 5.84. The maximum Gasteiger partial charge on any atom is 0.434 e. The molecule has 0 spiro atoms. The fraction of sp³-hybridized carbons (Fsp3) is 0.333. The molecule has 0 amide bonds. The van der Waals surface area contributed by atoms with Crippen LogP contribution in [0.5, 0.6) is 0 Å². The summed E-state index contributed by atoms with van der Waals surface area (Å²) in [6.07, 6.45) is 0. The van der Waals surface area contributed by atoms with Gasteiger partial charge in [0, 0.05) is 6.07 Å². The molecule has 0 aliphatic heterocycles. The maximum atomic E-state index is 10.1. The third-order valence-electron chi connectivity index (χ3n) is 1.02. The van der Waals surface area contributed by atoms with E-state index < -0.39 is 4.92 Å². The van der Waals surface area contributed by atoms with Gasteiger partial charge in [0.25, 0.3) is 0 Å². The molecule has 1 aromatic heterocycles. The fourth-order valence-electron chi connectivity index (χ4n) is 0.616. The van der Waals surface area contributed by atoms with E-state index in [1.54, 1.807) is 6.92 Å². The second-order valence-electron chi connectivity index (χ2n) is 1.77. The van der Waals surface area contributed by atoms with E-state index in [0.717, 1.165) is 0 Å². The Morgan fingerprint density at radius 1 is 1.46 bits per heavy atom. The molecule has 0 bridgehead atoms. The van der Waals surface area contributed by atoms with E-state index in [1.165, 1.54) is 12.1 Å². The largest absolute Gasteiger partial charge is 0.434 e. The van der Waals surface area contributed by atoms with Crippen LogP contribution in [-0.4, -0.2) is 4.92 Å². The van der Waals surface area contributed by atoms with Crippen molar-refractivity contribution in [1.29, 1.82) is 0 Å². The summed E-state index contributed by atoms with van der Waals surface area (Å²) < 4.78 is 4.71. The van der Waals surface area contributed by atoms with Gasteiger partial charge in [-0.15, -0.1) is 0 Å². The SMILES string of the molecule is CC.CC#Cc1ccc([N+](=O)[O-])o1. The highest BCUT2D eigenvalue weighted by molar-refractivity contribution is 5.29. The fourth-order valence-corrected chi connectivity index (χ4v) is 0.616. The van der Waals surface area contributed by atoms with Crippen molar-refractivity contribution in [2.45, 2.75) is 20.8 Å². The number of nitrogens with zero attached hydrogens (tertiary/aromatic N) is 1. The summed E-state index contributed by atoms with van der Waals surface area (Å²) in [7, 11) is 0. The molecule has 4 nitrogen and oxygen atoms in total. The van der Waals surface area contributed by atoms with Crippen molar-refractivity contribution in [3.8, 4) is 11.8 Å². The summed E-state index contributed by atoms with van der Waals surface area (Å²) in [6.45, 7) is 5.63. The molecular formula is C9H11NO3. The Hall–Kier alpha value is -1.76. The third-order valence-corrected chi connectivity index (χ3v) is 1.02. The Morgan fingerprint density at radius 2 is 2.08 bits per heavy atom. The average Bonchev–Trinajstić information content (AvgIpc) is 2.57. The van der Waals surface area contributed by atoms with Gasteiger partial charge in [-0.3, -0.25) is 10.1 Å². The van der Waals surface area contributed by atoms with Crippen molar-refractivity contribution in [2.24, 2.45) is 0 Å². The molecule has 13 heavy (non-hydrogen) atoms. The normalized spacial score (nSPS) is 7.62. The Labute approximate surface area is 76.7 Å². The van der Waals surface area contributed by atoms with Crippen molar-refractivity contribution >= 4 is 5.88 Å². The van der Waals surface area contributed by atoms with Crippen LogP contribution in [0.1, 0.15) is 26.5 Å². The zero-order chi connectivity index (χ0) is 10.3. The molecule has 0 aromatic carbocycles. The van der Waals surface area contributed by atoms with Gasteiger partial charge in [0.2, 0.25) is 0 Å². The maximum absolute atomic E-state index is 10.1. The number of rotatable bonds is 1. The van der Waals surface area contributed by atoms with Crippen molar-refractivity contribution < 1.29 is 9.34 Å². The standard InChI is InChI=1S/C7H5NO3.C2H6/c1-2-3-6-4-5-7(11-6)8(9)10;1-2/h4-5H,1H3;1-2H3. The highest BCUT2D eigenvalue weighted by atomic mass is 16.6. The molecule has 0 radical (unpaired) electrons. The minimum absolute atomic E-state index is 0.275. The van der Waals surface area contributed by atoms with Crippen LogP contribution >= 0.6 is 0 Å². The summed E-state index contributed by atoms with van der Waals surface area (Å²) in [4.78, 5) is 9.49. The van der Waals surface area contributed by atoms with Crippen molar-refractivity contribution in [3.63, 3.8) is 0 Å². The van der Waals surface area contributed by atoms with Crippen molar-refractivity contribution in [3.05, 3.63) is 28.0 Å². The zero-order valence-corrected chi connectivity index (χ0v) is 7.83. The smallest absolute Gasteiger partial charge is 0.392 e. The molecular weight excluding hydrogens is 170 g/mol. The molecule has 0 unspecified atom stereocenters. The summed E-state index contributed by atoms with van der Waals surface area (Å²) >= 11 is 0. The molecule has 1 rings (SSSR count). The lowest BCUT2D eigenvalue weighted by molar-refractivity contribution is -0.402. The number of furan rings is 1. The number of hydrogen-bond acceptors (Lipinski definition) is 3. The van der Waals surface area contributed by atoms with Crippen LogP contribution in [0, 0.1) is 22.0 Å². The summed E-state index contributed by atoms with van der Waals surface area (Å²) in [5.74, 6) is 5.18. The quantitative estimate of drug-likeness (QED) is 0.380. The minimum atomic E-state index is -0.596. The molecule has 70 valence electrons. The monoisotopic (exact) mass is 181 g/mol. The first-order valence-corrected chi connectivity index (χ1v) is 3.91. The molecule has 0 fully saturated rings. The molecule has 0 aliphatic carbocycles. The van der Waals surface area contributed by atoms with Gasteiger partial charge in [0.1, 0.15) is 4.92 Å². The Bertz CT molecular complexity index is 330. The predicted octanol–water partition coefficient (Wildman–Crippen LogP) is 2.59. The molecule has 0 aliphatic rings. The third kappa shape index (κ3) is 3.43. The van der Waals surface area contributed by atoms with Gasteiger partial charge >= 0.3 is 5.88 Å². The van der Waals surface area contributed by atoms with E-state index in [9.17, 15) is 10.1 Å². The highest BCUT2D eigenvalue weighted by Gasteiger charge is 2.09. The van der Waals surface area contributed by atoms with Crippen LogP contribution in [0.2, 0.25) is 0 Å². The molecule has 0 saturated carbocycles. The highest BCUT2D eigenvalue weighted by Crippen LogP contribution is 2.13. The zero-order valence-electron chi connectivity index (χ0n) is 7.83. The summed E-state index contributed by atoms with van der Waals surface area (Å²) in [5, 5.41) is 10.1. The molecule has 0 N–H and O–H groups in total. The van der Waals surface area contributed by atoms with Gasteiger partial charge in [-0.1, -0.05) is 19.8 Å². The molecule has 4 heteroatoms. The number of nitro groups is 1. The minimum Gasteiger partial charge on any atom is -0.392 e. The molecule has 0 saturated heterocycles. The van der Waals surface area contributed by atoms with Crippen LogP contribution < -0.4 is 0 Å². The first-order valence-electron chi connectivity index (χ1n) is 3.91. The summed E-state index contributed by atoms with van der Waals surface area (Å²) in [5.41, 5.74) is 0. The van der Waals surface area contributed by atoms with Gasteiger partial charge in [-0.2, -0.15) is 0 Å². The Kier molecular flexibility index (Phi) is 5.05. The lowest BCUT2D eigenvalue weighted by Gasteiger charge is -1.79. The lowest BCUT2D eigenvalue weighted by atomic mass is 10.4. The first kappa shape index (κ1) is 11.2. The van der Waals surface area contributed by atoms with Gasteiger partial charge < -0.3 is 4.42 Å². The number of hydrogen-bond donors (Lipinski definition) is 0. The van der Waals surface area contributed by atoms with E-state index in [0.29, 0.717) is 5.76 Å². The molecule has 1 heterocycles. The van der Waals surface area contributed by atoms with Gasteiger partial charge in [0.15, 0.2) is 5.76 Å². The van der Waals surface area contributed by atoms with E-state index in [-0.39, 0.29) is 5.88 Å². The van der Waals surface area contributed by atoms with Crippen LogP contribution in [0.15, 0.2) is 16.5 Å². The van der Waals surface area contributed by atoms with Gasteiger partial charge in [-0.25, -0.2) is 0 Å².